The molecule has 5 heteroatoms. The van der Waals surface area contributed by atoms with Crippen LogP contribution >= 0.6 is 15.9 Å². The minimum Gasteiger partial charge on any atom is -0.314 e. The number of fused-ring (bicyclic) bond motifs is 1. The van der Waals surface area contributed by atoms with E-state index < -0.39 is 0 Å². The number of carbonyl (C=O) groups excluding carboxylic acids is 1. The Balaban J connectivity index is 1.76. The first-order valence-corrected chi connectivity index (χ1v) is 10.0. The van der Waals surface area contributed by atoms with Crippen LogP contribution < -0.4 is 4.90 Å². The van der Waals surface area contributed by atoms with Gasteiger partial charge in [-0.3, -0.25) is 4.79 Å². The summed E-state index contributed by atoms with van der Waals surface area (Å²) in [6, 6.07) is 25.7. The third-order valence-electron chi connectivity index (χ3n) is 4.74. The molecule has 1 aromatic heterocycles. The van der Waals surface area contributed by atoms with Crippen molar-refractivity contribution in [1.82, 2.24) is 9.55 Å². The molecule has 0 aliphatic heterocycles. The van der Waals surface area contributed by atoms with E-state index in [9.17, 15) is 4.79 Å². The highest BCUT2D eigenvalue weighted by Crippen LogP contribution is 2.26. The summed E-state index contributed by atoms with van der Waals surface area (Å²) in [7, 11) is 0. The molecule has 3 aromatic carbocycles. The van der Waals surface area contributed by atoms with Gasteiger partial charge in [0.05, 0.1) is 11.0 Å². The summed E-state index contributed by atoms with van der Waals surface area (Å²) < 4.78 is 3.02. The highest BCUT2D eigenvalue weighted by atomic mass is 79.9. The zero-order chi connectivity index (χ0) is 19.5. The Hall–Kier alpha value is -2.92. The fourth-order valence-corrected chi connectivity index (χ4v) is 3.65. The standard InChI is InChI=1S/C23H20BrN3O/c1-2-26(19-8-4-3-5-9-19)22(28)16-27-21-11-7-6-10-20(21)25-23(27)17-12-14-18(24)15-13-17/h3-15H,2,16H2,1H3. The second-order valence-corrected chi connectivity index (χ2v) is 7.41. The van der Waals surface area contributed by atoms with Gasteiger partial charge in [-0.05, 0) is 43.3 Å². The van der Waals surface area contributed by atoms with Crippen molar-refractivity contribution < 1.29 is 4.79 Å². The molecule has 0 aliphatic carbocycles. The van der Waals surface area contributed by atoms with Crippen molar-refractivity contribution in [2.75, 3.05) is 11.4 Å². The van der Waals surface area contributed by atoms with Crippen LogP contribution in [-0.4, -0.2) is 22.0 Å². The molecule has 4 nitrogen and oxygen atoms in total. The first-order valence-electron chi connectivity index (χ1n) is 9.24. The Kier molecular flexibility index (Phi) is 5.26. The second-order valence-electron chi connectivity index (χ2n) is 6.49. The van der Waals surface area contributed by atoms with Gasteiger partial charge in [0.1, 0.15) is 12.4 Å². The number of amides is 1. The first-order chi connectivity index (χ1) is 13.7. The number of aromatic nitrogens is 2. The second kappa shape index (κ2) is 7.98. The zero-order valence-electron chi connectivity index (χ0n) is 15.5. The van der Waals surface area contributed by atoms with E-state index in [1.165, 1.54) is 0 Å². The average molecular weight is 434 g/mol. The van der Waals surface area contributed by atoms with E-state index in [1.54, 1.807) is 4.90 Å². The molecule has 0 saturated heterocycles. The molecule has 28 heavy (non-hydrogen) atoms. The van der Waals surface area contributed by atoms with E-state index in [0.29, 0.717) is 6.54 Å². The summed E-state index contributed by atoms with van der Waals surface area (Å²) in [6.45, 7) is 2.84. The fraction of sp³-hybridized carbons (Fsp3) is 0.130. The number of likely N-dealkylation sites (N-methyl/N-ethyl adjacent to an activating group) is 1. The Bertz CT molecular complexity index is 1100. The molecule has 1 amide bonds. The Morgan fingerprint density at radius 3 is 2.36 bits per heavy atom. The first kappa shape index (κ1) is 18.4. The Morgan fingerprint density at radius 1 is 0.964 bits per heavy atom. The molecule has 1 heterocycles. The van der Waals surface area contributed by atoms with Crippen LogP contribution in [-0.2, 0) is 11.3 Å². The van der Waals surface area contributed by atoms with Crippen LogP contribution in [0.2, 0.25) is 0 Å². The van der Waals surface area contributed by atoms with E-state index in [-0.39, 0.29) is 12.5 Å². The van der Waals surface area contributed by atoms with Crippen molar-refractivity contribution in [2.24, 2.45) is 0 Å². The predicted molar refractivity (Wildman–Crippen MR) is 117 cm³/mol. The summed E-state index contributed by atoms with van der Waals surface area (Å²) >= 11 is 3.48. The Labute approximate surface area is 172 Å². The van der Waals surface area contributed by atoms with E-state index in [4.69, 9.17) is 4.98 Å². The number of halogens is 1. The number of nitrogens with zero attached hydrogens (tertiary/aromatic N) is 3. The SMILES string of the molecule is CCN(C(=O)Cn1c(-c2ccc(Br)cc2)nc2ccccc21)c1ccccc1. The molecule has 0 atom stereocenters. The van der Waals surface area contributed by atoms with E-state index >= 15 is 0 Å². The number of hydrogen-bond donors (Lipinski definition) is 0. The smallest absolute Gasteiger partial charge is 0.246 e. The summed E-state index contributed by atoms with van der Waals surface area (Å²) in [4.78, 5) is 19.8. The van der Waals surface area contributed by atoms with Crippen LogP contribution in [0, 0.1) is 0 Å². The van der Waals surface area contributed by atoms with Crippen LogP contribution in [0.25, 0.3) is 22.4 Å². The van der Waals surface area contributed by atoms with Crippen LogP contribution in [0.4, 0.5) is 5.69 Å². The van der Waals surface area contributed by atoms with E-state index in [0.717, 1.165) is 32.6 Å². The molecule has 0 aliphatic rings. The summed E-state index contributed by atoms with van der Waals surface area (Å²) in [6.07, 6.45) is 0. The van der Waals surface area contributed by atoms with Gasteiger partial charge in [-0.2, -0.15) is 0 Å². The van der Waals surface area contributed by atoms with E-state index in [1.807, 2.05) is 90.4 Å². The summed E-state index contributed by atoms with van der Waals surface area (Å²) in [5, 5.41) is 0. The molecular formula is C23H20BrN3O. The number of anilines is 1. The number of hydrogen-bond acceptors (Lipinski definition) is 2. The van der Waals surface area contributed by atoms with Crippen molar-refractivity contribution in [1.29, 1.82) is 0 Å². The minimum atomic E-state index is 0.0372. The number of benzene rings is 3. The van der Waals surface area contributed by atoms with Crippen molar-refractivity contribution in [3.8, 4) is 11.4 Å². The van der Waals surface area contributed by atoms with Crippen molar-refractivity contribution in [2.45, 2.75) is 13.5 Å². The molecule has 140 valence electrons. The topological polar surface area (TPSA) is 38.1 Å². The lowest BCUT2D eigenvalue weighted by atomic mass is 10.2. The maximum absolute atomic E-state index is 13.2. The fourth-order valence-electron chi connectivity index (χ4n) is 3.39. The lowest BCUT2D eigenvalue weighted by Gasteiger charge is -2.22. The average Bonchev–Trinajstić information content (AvgIpc) is 3.08. The lowest BCUT2D eigenvalue weighted by Crippen LogP contribution is -2.33. The molecule has 0 radical (unpaired) electrons. The van der Waals surface area contributed by atoms with Gasteiger partial charge < -0.3 is 9.47 Å². The largest absolute Gasteiger partial charge is 0.314 e. The van der Waals surface area contributed by atoms with E-state index in [2.05, 4.69) is 15.9 Å². The highest BCUT2D eigenvalue weighted by Gasteiger charge is 2.19. The maximum atomic E-state index is 13.2. The Morgan fingerprint density at radius 2 is 1.64 bits per heavy atom. The molecule has 4 rings (SSSR count). The number of para-hydroxylation sites is 3. The molecule has 4 aromatic rings. The molecule has 0 fully saturated rings. The van der Waals surface area contributed by atoms with Crippen LogP contribution in [0.15, 0.2) is 83.3 Å². The van der Waals surface area contributed by atoms with Crippen molar-refractivity contribution in [3.05, 3.63) is 83.3 Å². The van der Waals surface area contributed by atoms with Gasteiger partial charge in [0, 0.05) is 22.3 Å². The third-order valence-corrected chi connectivity index (χ3v) is 5.26. The van der Waals surface area contributed by atoms with Crippen LogP contribution in [0.5, 0.6) is 0 Å². The quantitative estimate of drug-likeness (QED) is 0.415. The van der Waals surface area contributed by atoms with Gasteiger partial charge in [0.2, 0.25) is 5.91 Å². The normalized spacial score (nSPS) is 10.9. The van der Waals surface area contributed by atoms with Gasteiger partial charge in [0.15, 0.2) is 0 Å². The minimum absolute atomic E-state index is 0.0372. The van der Waals surface area contributed by atoms with Gasteiger partial charge in [-0.15, -0.1) is 0 Å². The molecule has 0 saturated carbocycles. The van der Waals surface area contributed by atoms with Crippen molar-refractivity contribution in [3.63, 3.8) is 0 Å². The van der Waals surface area contributed by atoms with Crippen LogP contribution in [0.3, 0.4) is 0 Å². The number of rotatable bonds is 5. The molecule has 0 spiro atoms. The number of imidazole rings is 1. The van der Waals surface area contributed by atoms with Crippen LogP contribution in [0.1, 0.15) is 6.92 Å². The number of carbonyl (C=O) groups is 1. The summed E-state index contributed by atoms with van der Waals surface area (Å²) in [5.41, 5.74) is 3.73. The maximum Gasteiger partial charge on any atom is 0.246 e. The molecule has 0 bridgehead atoms. The third kappa shape index (κ3) is 3.58. The highest BCUT2D eigenvalue weighted by molar-refractivity contribution is 9.10. The molecular weight excluding hydrogens is 414 g/mol. The van der Waals surface area contributed by atoms with Gasteiger partial charge in [0.25, 0.3) is 0 Å². The van der Waals surface area contributed by atoms with Gasteiger partial charge in [-0.25, -0.2) is 4.98 Å². The molecule has 0 unspecified atom stereocenters. The van der Waals surface area contributed by atoms with Crippen molar-refractivity contribution >= 4 is 38.6 Å². The van der Waals surface area contributed by atoms with Gasteiger partial charge in [-0.1, -0.05) is 58.4 Å². The lowest BCUT2D eigenvalue weighted by molar-refractivity contribution is -0.119. The zero-order valence-corrected chi connectivity index (χ0v) is 17.1. The summed E-state index contributed by atoms with van der Waals surface area (Å²) in [5.74, 6) is 0.835. The molecule has 0 N–H and O–H groups in total. The van der Waals surface area contributed by atoms with Gasteiger partial charge >= 0.3 is 0 Å². The monoisotopic (exact) mass is 433 g/mol. The predicted octanol–water partition coefficient (Wildman–Crippen LogP) is 5.52.